The Morgan fingerprint density at radius 3 is 2.15 bits per heavy atom. The summed E-state index contributed by atoms with van der Waals surface area (Å²) in [5.41, 5.74) is 1.40. The minimum atomic E-state index is -3.44. The summed E-state index contributed by atoms with van der Waals surface area (Å²) in [6.45, 7) is 1.90. The standard InChI is InChI=1S/C18H22N2O5S2/c1-4-17(13-8-10-16(11-9-13)26(2,22)23)19-18(21)14-6-5-7-15(12-14)20-27(3,24)25/h5-12,17,20H,4H2,1-3H3,(H,19,21)/t17-/m1/s1. The summed E-state index contributed by atoms with van der Waals surface area (Å²) in [5.74, 6) is -0.355. The SMILES string of the molecule is CC[C@@H](NC(=O)c1cccc(NS(C)(=O)=O)c1)c1ccc(S(C)(=O)=O)cc1. The molecule has 1 amide bonds. The van der Waals surface area contributed by atoms with E-state index in [2.05, 4.69) is 10.0 Å². The molecular weight excluding hydrogens is 388 g/mol. The van der Waals surface area contributed by atoms with Crippen LogP contribution in [0.4, 0.5) is 5.69 Å². The highest BCUT2D eigenvalue weighted by Gasteiger charge is 2.16. The second kappa shape index (κ2) is 8.10. The van der Waals surface area contributed by atoms with Crippen LogP contribution in [0.15, 0.2) is 53.4 Å². The van der Waals surface area contributed by atoms with Crippen LogP contribution in [0.1, 0.15) is 35.3 Å². The average Bonchev–Trinajstić information content (AvgIpc) is 2.57. The first kappa shape index (κ1) is 20.9. The monoisotopic (exact) mass is 410 g/mol. The summed E-state index contributed by atoms with van der Waals surface area (Å²) >= 11 is 0. The molecule has 0 aliphatic carbocycles. The third-order valence-electron chi connectivity index (χ3n) is 3.85. The number of benzene rings is 2. The second-order valence-electron chi connectivity index (χ2n) is 6.23. The zero-order valence-electron chi connectivity index (χ0n) is 15.3. The highest BCUT2D eigenvalue weighted by Crippen LogP contribution is 2.20. The molecule has 0 saturated heterocycles. The van der Waals surface area contributed by atoms with Gasteiger partial charge in [0, 0.05) is 17.5 Å². The topological polar surface area (TPSA) is 109 Å². The Bertz CT molecular complexity index is 1030. The first-order valence-electron chi connectivity index (χ1n) is 8.18. The van der Waals surface area contributed by atoms with Crippen molar-refractivity contribution >= 4 is 31.5 Å². The molecule has 0 aromatic heterocycles. The Kier molecular flexibility index (Phi) is 6.27. The average molecular weight is 411 g/mol. The Labute approximate surface area is 159 Å². The van der Waals surface area contributed by atoms with E-state index in [0.29, 0.717) is 17.7 Å². The molecule has 0 bridgehead atoms. The predicted octanol–water partition coefficient (Wildman–Crippen LogP) is 2.34. The number of rotatable bonds is 7. The van der Waals surface area contributed by atoms with Crippen LogP contribution in [0.25, 0.3) is 0 Å². The van der Waals surface area contributed by atoms with E-state index in [-0.39, 0.29) is 16.8 Å². The van der Waals surface area contributed by atoms with E-state index < -0.39 is 19.9 Å². The van der Waals surface area contributed by atoms with Crippen LogP contribution in [0, 0.1) is 0 Å². The molecule has 0 aliphatic rings. The minimum Gasteiger partial charge on any atom is -0.345 e. The third kappa shape index (κ3) is 6.07. The highest BCUT2D eigenvalue weighted by atomic mass is 32.2. The normalized spacial score (nSPS) is 13.0. The van der Waals surface area contributed by atoms with Crippen LogP contribution in [0.3, 0.4) is 0 Å². The molecule has 2 aromatic carbocycles. The fourth-order valence-corrected chi connectivity index (χ4v) is 3.73. The van der Waals surface area contributed by atoms with Crippen molar-refractivity contribution in [2.24, 2.45) is 0 Å². The summed E-state index contributed by atoms with van der Waals surface area (Å²) in [5, 5.41) is 2.88. The fourth-order valence-electron chi connectivity index (χ4n) is 2.55. The molecule has 7 nitrogen and oxygen atoms in total. The number of sulfonamides is 1. The molecular formula is C18H22N2O5S2. The maximum absolute atomic E-state index is 12.5. The van der Waals surface area contributed by atoms with Gasteiger partial charge >= 0.3 is 0 Å². The fraction of sp³-hybridized carbons (Fsp3) is 0.278. The van der Waals surface area contributed by atoms with E-state index in [1.165, 1.54) is 18.2 Å². The van der Waals surface area contributed by atoms with Crippen molar-refractivity contribution in [3.8, 4) is 0 Å². The third-order valence-corrected chi connectivity index (χ3v) is 5.59. The van der Waals surface area contributed by atoms with E-state index in [4.69, 9.17) is 0 Å². The molecule has 2 aromatic rings. The highest BCUT2D eigenvalue weighted by molar-refractivity contribution is 7.92. The Morgan fingerprint density at radius 2 is 1.63 bits per heavy atom. The molecule has 1 atom stereocenters. The zero-order valence-corrected chi connectivity index (χ0v) is 16.9. The van der Waals surface area contributed by atoms with Crippen molar-refractivity contribution in [1.82, 2.24) is 5.32 Å². The molecule has 0 radical (unpaired) electrons. The zero-order chi connectivity index (χ0) is 20.2. The molecule has 0 heterocycles. The van der Waals surface area contributed by atoms with Crippen LogP contribution in [-0.2, 0) is 19.9 Å². The largest absolute Gasteiger partial charge is 0.345 e. The van der Waals surface area contributed by atoms with Gasteiger partial charge in [0.2, 0.25) is 10.0 Å². The molecule has 0 aliphatic heterocycles. The maximum atomic E-state index is 12.5. The number of hydrogen-bond acceptors (Lipinski definition) is 5. The Morgan fingerprint density at radius 1 is 1.00 bits per heavy atom. The number of carbonyl (C=O) groups is 1. The first-order valence-corrected chi connectivity index (χ1v) is 12.0. The Hall–Kier alpha value is -2.39. The molecule has 27 heavy (non-hydrogen) atoms. The lowest BCUT2D eigenvalue weighted by molar-refractivity contribution is 0.0935. The molecule has 2 rings (SSSR count). The van der Waals surface area contributed by atoms with Gasteiger partial charge in [0.15, 0.2) is 9.84 Å². The smallest absolute Gasteiger partial charge is 0.251 e. The molecule has 0 fully saturated rings. The van der Waals surface area contributed by atoms with Crippen LogP contribution in [-0.4, -0.2) is 35.3 Å². The van der Waals surface area contributed by atoms with Gasteiger partial charge in [0.1, 0.15) is 0 Å². The number of sulfone groups is 1. The van der Waals surface area contributed by atoms with Gasteiger partial charge in [-0.15, -0.1) is 0 Å². The van der Waals surface area contributed by atoms with Gasteiger partial charge in [-0.3, -0.25) is 9.52 Å². The summed E-state index contributed by atoms with van der Waals surface area (Å²) in [6.07, 6.45) is 2.77. The lowest BCUT2D eigenvalue weighted by atomic mass is 10.0. The van der Waals surface area contributed by atoms with E-state index in [9.17, 15) is 21.6 Å². The maximum Gasteiger partial charge on any atom is 0.251 e. The van der Waals surface area contributed by atoms with E-state index in [1.54, 1.807) is 30.3 Å². The molecule has 146 valence electrons. The van der Waals surface area contributed by atoms with Gasteiger partial charge in [-0.05, 0) is 42.3 Å². The van der Waals surface area contributed by atoms with Crippen molar-refractivity contribution in [2.75, 3.05) is 17.2 Å². The molecule has 9 heteroatoms. The summed E-state index contributed by atoms with van der Waals surface area (Å²) in [6, 6.07) is 12.2. The number of nitrogens with one attached hydrogen (secondary N) is 2. The van der Waals surface area contributed by atoms with Gasteiger partial charge in [0.05, 0.1) is 17.2 Å². The molecule has 0 unspecified atom stereocenters. The number of amides is 1. The van der Waals surface area contributed by atoms with Crippen molar-refractivity contribution in [3.63, 3.8) is 0 Å². The lowest BCUT2D eigenvalue weighted by Gasteiger charge is -2.18. The quantitative estimate of drug-likeness (QED) is 0.728. The summed E-state index contributed by atoms with van der Waals surface area (Å²) in [4.78, 5) is 12.8. The van der Waals surface area contributed by atoms with Gasteiger partial charge in [0.25, 0.3) is 5.91 Å². The van der Waals surface area contributed by atoms with Crippen LogP contribution in [0.2, 0.25) is 0 Å². The van der Waals surface area contributed by atoms with Gasteiger partial charge in [-0.2, -0.15) is 0 Å². The first-order chi connectivity index (χ1) is 12.5. The summed E-state index contributed by atoms with van der Waals surface area (Å²) < 4.78 is 48.1. The van der Waals surface area contributed by atoms with Crippen molar-refractivity contribution in [3.05, 3.63) is 59.7 Å². The summed E-state index contributed by atoms with van der Waals surface area (Å²) in [7, 11) is -6.72. The van der Waals surface area contributed by atoms with Gasteiger partial charge in [-0.1, -0.05) is 25.1 Å². The van der Waals surface area contributed by atoms with Crippen molar-refractivity contribution in [1.29, 1.82) is 0 Å². The predicted molar refractivity (Wildman–Crippen MR) is 105 cm³/mol. The van der Waals surface area contributed by atoms with E-state index >= 15 is 0 Å². The number of anilines is 1. The lowest BCUT2D eigenvalue weighted by Crippen LogP contribution is -2.28. The molecule has 0 spiro atoms. The molecule has 0 saturated carbocycles. The van der Waals surface area contributed by atoms with Crippen LogP contribution >= 0.6 is 0 Å². The Balaban J connectivity index is 2.19. The van der Waals surface area contributed by atoms with Gasteiger partial charge in [-0.25, -0.2) is 16.8 Å². The van der Waals surface area contributed by atoms with Crippen LogP contribution < -0.4 is 10.0 Å². The molecule has 2 N–H and O–H groups in total. The van der Waals surface area contributed by atoms with Crippen LogP contribution in [0.5, 0.6) is 0 Å². The minimum absolute atomic E-state index is 0.215. The van der Waals surface area contributed by atoms with Gasteiger partial charge < -0.3 is 5.32 Å². The van der Waals surface area contributed by atoms with Crippen molar-refractivity contribution < 1.29 is 21.6 Å². The second-order valence-corrected chi connectivity index (χ2v) is 9.99. The number of hydrogen-bond donors (Lipinski definition) is 2. The van der Waals surface area contributed by atoms with Crippen molar-refractivity contribution in [2.45, 2.75) is 24.3 Å². The number of carbonyl (C=O) groups excluding carboxylic acids is 1. The van der Waals surface area contributed by atoms with E-state index in [1.807, 2.05) is 6.92 Å². The van der Waals surface area contributed by atoms with E-state index in [0.717, 1.165) is 18.1 Å².